The van der Waals surface area contributed by atoms with Gasteiger partial charge in [-0.1, -0.05) is 43.3 Å². The van der Waals surface area contributed by atoms with Gasteiger partial charge in [-0.2, -0.15) is 0 Å². The van der Waals surface area contributed by atoms with Gasteiger partial charge in [0.1, 0.15) is 0 Å². The van der Waals surface area contributed by atoms with Gasteiger partial charge in [-0.15, -0.1) is 0 Å². The average molecular weight is 297 g/mol. The molecule has 0 saturated heterocycles. The number of anilines is 2. The fraction of sp³-hybridized carbons (Fsp3) is 0.222. The number of nitrogens with zero attached hydrogens (tertiary/aromatic N) is 1. The largest absolute Gasteiger partial charge is 0.481 e. The summed E-state index contributed by atoms with van der Waals surface area (Å²) in [6.45, 7) is 1.78. The third kappa shape index (κ3) is 4.19. The molecule has 0 heterocycles. The number of benzene rings is 2. The van der Waals surface area contributed by atoms with Crippen molar-refractivity contribution in [2.75, 3.05) is 4.90 Å². The molecule has 2 rings (SSSR count). The van der Waals surface area contributed by atoms with E-state index >= 15 is 0 Å². The van der Waals surface area contributed by atoms with Gasteiger partial charge in [0.05, 0.1) is 0 Å². The van der Waals surface area contributed by atoms with E-state index in [1.54, 1.807) is 11.8 Å². The molecule has 4 nitrogen and oxygen atoms in total. The fourth-order valence-corrected chi connectivity index (χ4v) is 2.35. The van der Waals surface area contributed by atoms with E-state index in [0.29, 0.717) is 0 Å². The van der Waals surface area contributed by atoms with Crippen LogP contribution in [0.1, 0.15) is 19.8 Å². The number of carbonyl (C=O) groups excluding carboxylic acids is 1. The number of para-hydroxylation sites is 2. The van der Waals surface area contributed by atoms with Crippen LogP contribution < -0.4 is 4.90 Å². The summed E-state index contributed by atoms with van der Waals surface area (Å²) < 4.78 is 0. The molecule has 0 saturated carbocycles. The highest BCUT2D eigenvalue weighted by Gasteiger charge is 2.21. The third-order valence-electron chi connectivity index (χ3n) is 3.32. The Morgan fingerprint density at radius 3 is 1.77 bits per heavy atom. The van der Waals surface area contributed by atoms with Gasteiger partial charge in [0.15, 0.2) is 0 Å². The first-order chi connectivity index (χ1) is 10.6. The molecule has 0 aliphatic carbocycles. The Balaban J connectivity index is 2.25. The summed E-state index contributed by atoms with van der Waals surface area (Å²) in [7, 11) is 0. The quantitative estimate of drug-likeness (QED) is 0.881. The monoisotopic (exact) mass is 297 g/mol. The Kier molecular flexibility index (Phi) is 5.31. The lowest BCUT2D eigenvalue weighted by Crippen LogP contribution is -2.27. The summed E-state index contributed by atoms with van der Waals surface area (Å²) in [6, 6.07) is 18.8. The molecule has 1 atom stereocenters. The maximum atomic E-state index is 12.7. The van der Waals surface area contributed by atoms with E-state index < -0.39 is 5.97 Å². The van der Waals surface area contributed by atoms with E-state index in [4.69, 9.17) is 5.11 Å². The molecular formula is C18H19NO3. The van der Waals surface area contributed by atoms with Gasteiger partial charge >= 0.3 is 5.97 Å². The zero-order chi connectivity index (χ0) is 15.9. The predicted molar refractivity (Wildman–Crippen MR) is 86.1 cm³/mol. The summed E-state index contributed by atoms with van der Waals surface area (Å²) in [5.41, 5.74) is 1.56. The summed E-state index contributed by atoms with van der Waals surface area (Å²) in [6.07, 6.45) is 0.180. The van der Waals surface area contributed by atoms with Gasteiger partial charge in [-0.25, -0.2) is 0 Å². The molecule has 2 aromatic carbocycles. The van der Waals surface area contributed by atoms with Crippen LogP contribution in [0.4, 0.5) is 11.4 Å². The number of hydrogen-bond acceptors (Lipinski definition) is 2. The summed E-state index contributed by atoms with van der Waals surface area (Å²) in [4.78, 5) is 25.1. The molecule has 0 spiro atoms. The van der Waals surface area contributed by atoms with Crippen LogP contribution in [0.3, 0.4) is 0 Å². The van der Waals surface area contributed by atoms with Crippen molar-refractivity contribution in [3.8, 4) is 0 Å². The second-order valence-corrected chi connectivity index (χ2v) is 5.31. The first kappa shape index (κ1) is 15.8. The molecule has 0 bridgehead atoms. The number of carboxylic acids is 1. The highest BCUT2D eigenvalue weighted by atomic mass is 16.4. The maximum absolute atomic E-state index is 12.7. The molecule has 1 N–H and O–H groups in total. The number of hydrogen-bond donors (Lipinski definition) is 1. The SMILES string of the molecule is C[C@H](CC(=O)O)CC(=O)N(c1ccccc1)c1ccccc1. The Bertz CT molecular complexity index is 586. The molecule has 22 heavy (non-hydrogen) atoms. The minimum atomic E-state index is -0.883. The van der Waals surface area contributed by atoms with Crippen molar-refractivity contribution in [3.05, 3.63) is 60.7 Å². The number of aliphatic carboxylic acids is 1. The van der Waals surface area contributed by atoms with Crippen molar-refractivity contribution >= 4 is 23.3 Å². The Morgan fingerprint density at radius 1 is 0.909 bits per heavy atom. The summed E-state index contributed by atoms with van der Waals surface area (Å²) >= 11 is 0. The van der Waals surface area contributed by atoms with Crippen LogP contribution in [-0.2, 0) is 9.59 Å². The third-order valence-corrected chi connectivity index (χ3v) is 3.32. The smallest absolute Gasteiger partial charge is 0.303 e. The minimum Gasteiger partial charge on any atom is -0.481 e. The first-order valence-corrected chi connectivity index (χ1v) is 7.22. The second-order valence-electron chi connectivity index (χ2n) is 5.31. The second kappa shape index (κ2) is 7.41. The number of carbonyl (C=O) groups is 2. The molecule has 1 amide bonds. The van der Waals surface area contributed by atoms with Crippen molar-refractivity contribution in [3.63, 3.8) is 0 Å². The van der Waals surface area contributed by atoms with Crippen molar-refractivity contribution < 1.29 is 14.7 Å². The molecule has 0 unspecified atom stereocenters. The molecule has 0 fully saturated rings. The van der Waals surface area contributed by atoms with Gasteiger partial charge in [0.25, 0.3) is 0 Å². The van der Waals surface area contributed by atoms with Crippen LogP contribution in [-0.4, -0.2) is 17.0 Å². The van der Waals surface area contributed by atoms with Crippen molar-refractivity contribution in [1.29, 1.82) is 0 Å². The van der Waals surface area contributed by atoms with Crippen molar-refractivity contribution in [1.82, 2.24) is 0 Å². The number of rotatable bonds is 6. The lowest BCUT2D eigenvalue weighted by molar-refractivity contribution is -0.138. The summed E-state index contributed by atoms with van der Waals surface area (Å²) in [5, 5.41) is 8.84. The van der Waals surface area contributed by atoms with Crippen LogP contribution in [0.5, 0.6) is 0 Å². The normalized spacial score (nSPS) is 11.7. The van der Waals surface area contributed by atoms with Crippen LogP contribution in [0.2, 0.25) is 0 Å². The van der Waals surface area contributed by atoms with E-state index in [-0.39, 0.29) is 24.7 Å². The van der Waals surface area contributed by atoms with Gasteiger partial charge in [-0.05, 0) is 30.2 Å². The maximum Gasteiger partial charge on any atom is 0.303 e. The molecule has 0 radical (unpaired) electrons. The first-order valence-electron chi connectivity index (χ1n) is 7.22. The molecular weight excluding hydrogens is 278 g/mol. The molecule has 4 heteroatoms. The molecule has 2 aromatic rings. The van der Waals surface area contributed by atoms with E-state index in [2.05, 4.69) is 0 Å². The fourth-order valence-electron chi connectivity index (χ4n) is 2.35. The lowest BCUT2D eigenvalue weighted by atomic mass is 10.0. The highest BCUT2D eigenvalue weighted by molar-refractivity contribution is 6.00. The van der Waals surface area contributed by atoms with Crippen LogP contribution >= 0.6 is 0 Å². The van der Waals surface area contributed by atoms with Crippen molar-refractivity contribution in [2.45, 2.75) is 19.8 Å². The Hall–Kier alpha value is -2.62. The van der Waals surface area contributed by atoms with Crippen LogP contribution in [0.15, 0.2) is 60.7 Å². The van der Waals surface area contributed by atoms with E-state index in [1.807, 2.05) is 60.7 Å². The van der Waals surface area contributed by atoms with Crippen LogP contribution in [0, 0.1) is 5.92 Å². The zero-order valence-corrected chi connectivity index (χ0v) is 12.5. The van der Waals surface area contributed by atoms with Gasteiger partial charge < -0.3 is 5.11 Å². The molecule has 0 aliphatic heterocycles. The van der Waals surface area contributed by atoms with Crippen molar-refractivity contribution in [2.24, 2.45) is 5.92 Å². The Labute approximate surface area is 130 Å². The Morgan fingerprint density at radius 2 is 1.36 bits per heavy atom. The topological polar surface area (TPSA) is 57.6 Å². The minimum absolute atomic E-state index is 0.0108. The number of carboxylic acid groups (broad SMARTS) is 1. The van der Waals surface area contributed by atoms with Gasteiger partial charge in [0.2, 0.25) is 5.91 Å². The number of amides is 1. The highest BCUT2D eigenvalue weighted by Crippen LogP contribution is 2.27. The molecule has 0 aliphatic rings. The van der Waals surface area contributed by atoms with Gasteiger partial charge in [-0.3, -0.25) is 14.5 Å². The average Bonchev–Trinajstić information content (AvgIpc) is 2.48. The van der Waals surface area contributed by atoms with Gasteiger partial charge in [0, 0.05) is 24.2 Å². The van der Waals surface area contributed by atoms with E-state index in [9.17, 15) is 9.59 Å². The predicted octanol–water partition coefficient (Wildman–Crippen LogP) is 3.85. The van der Waals surface area contributed by atoms with E-state index in [0.717, 1.165) is 11.4 Å². The molecule has 0 aromatic heterocycles. The standard InChI is InChI=1S/C18H19NO3/c1-14(13-18(21)22)12-17(20)19(15-8-4-2-5-9-15)16-10-6-3-7-11-16/h2-11,14H,12-13H2,1H3,(H,21,22)/t14-/m0/s1. The zero-order valence-electron chi connectivity index (χ0n) is 12.5. The molecule has 114 valence electrons. The summed E-state index contributed by atoms with van der Waals surface area (Å²) in [5.74, 6) is -1.20. The van der Waals surface area contributed by atoms with E-state index in [1.165, 1.54) is 0 Å². The lowest BCUT2D eigenvalue weighted by Gasteiger charge is -2.24. The van der Waals surface area contributed by atoms with Crippen LogP contribution in [0.25, 0.3) is 0 Å².